The number of nitrogens with zero attached hydrogens (tertiary/aromatic N) is 1. The molecule has 29 heavy (non-hydrogen) atoms. The Morgan fingerprint density at radius 2 is 1.62 bits per heavy atom. The summed E-state index contributed by atoms with van der Waals surface area (Å²) in [5.41, 5.74) is 0.989. The zero-order valence-corrected chi connectivity index (χ0v) is 18.8. The second kappa shape index (κ2) is 8.54. The predicted octanol–water partition coefficient (Wildman–Crippen LogP) is 3.13. The smallest absolute Gasteiger partial charge is 0.275 e. The maximum absolute atomic E-state index is 6.07. The number of amidine groups is 1. The van der Waals surface area contributed by atoms with Crippen molar-refractivity contribution in [3.8, 4) is 5.75 Å². The Bertz CT molecular complexity index is 857. The van der Waals surface area contributed by atoms with Crippen LogP contribution in [0.25, 0.3) is 0 Å². The van der Waals surface area contributed by atoms with E-state index in [1.54, 1.807) is 0 Å². The van der Waals surface area contributed by atoms with E-state index in [1.807, 2.05) is 36.4 Å². The lowest BCUT2D eigenvalue weighted by atomic mass is 9.87. The molecule has 3 rings (SSSR count). The molecule has 5 heteroatoms. The maximum atomic E-state index is 6.07. The Morgan fingerprint density at radius 3 is 2.21 bits per heavy atom. The van der Waals surface area contributed by atoms with Crippen LogP contribution in [0.2, 0.25) is 0 Å². The topological polar surface area (TPSA) is 38.5 Å². The van der Waals surface area contributed by atoms with Gasteiger partial charge >= 0.3 is 0 Å². The second-order valence-corrected chi connectivity index (χ2v) is 9.51. The molecule has 1 saturated heterocycles. The highest BCUT2D eigenvalue weighted by molar-refractivity contribution is 7.80. The molecular weight excluding hydrogens is 378 g/mol. The average molecular weight is 411 g/mol. The Morgan fingerprint density at radius 1 is 1.03 bits per heavy atom. The lowest BCUT2D eigenvalue weighted by Gasteiger charge is -2.30. The fourth-order valence-electron chi connectivity index (χ4n) is 3.34. The van der Waals surface area contributed by atoms with Gasteiger partial charge in [-0.05, 0) is 43.8 Å². The van der Waals surface area contributed by atoms with Gasteiger partial charge in [0.1, 0.15) is 23.9 Å². The first-order valence-electron chi connectivity index (χ1n) is 10.1. The van der Waals surface area contributed by atoms with Gasteiger partial charge in [-0.25, -0.2) is 5.32 Å². The van der Waals surface area contributed by atoms with Gasteiger partial charge in [-0.1, -0.05) is 69.3 Å². The molecule has 1 aliphatic rings. The third-order valence-electron chi connectivity index (χ3n) is 5.47. The molecule has 0 amide bonds. The van der Waals surface area contributed by atoms with Crippen molar-refractivity contribution >= 4 is 23.2 Å². The minimum atomic E-state index is -0.261. The number of benzene rings is 2. The third-order valence-corrected chi connectivity index (χ3v) is 5.79. The Balaban J connectivity index is 1.80. The van der Waals surface area contributed by atoms with E-state index in [2.05, 4.69) is 74.1 Å². The van der Waals surface area contributed by atoms with Crippen LogP contribution in [0.1, 0.15) is 40.2 Å². The molecule has 2 N–H and O–H groups in total. The molecule has 0 bridgehead atoms. The lowest BCUT2D eigenvalue weighted by molar-refractivity contribution is -0.528. The molecule has 2 aromatic rings. The van der Waals surface area contributed by atoms with E-state index in [0.717, 1.165) is 23.2 Å². The number of hydrogen-bond donors (Lipinski definition) is 2. The van der Waals surface area contributed by atoms with E-state index in [4.69, 9.17) is 17.0 Å². The van der Waals surface area contributed by atoms with Gasteiger partial charge in [0.2, 0.25) is 0 Å². The molecule has 1 heterocycles. The van der Waals surface area contributed by atoms with E-state index < -0.39 is 0 Å². The van der Waals surface area contributed by atoms with Crippen molar-refractivity contribution in [2.75, 3.05) is 6.61 Å². The number of rotatable bonds is 6. The van der Waals surface area contributed by atoms with Gasteiger partial charge in [-0.3, -0.25) is 4.99 Å². The van der Waals surface area contributed by atoms with Crippen LogP contribution < -0.4 is 15.0 Å². The van der Waals surface area contributed by atoms with Crippen LogP contribution in [0.4, 0.5) is 0 Å². The van der Waals surface area contributed by atoms with Crippen molar-refractivity contribution in [1.82, 2.24) is 10.2 Å². The van der Waals surface area contributed by atoms with Crippen LogP contribution >= 0.6 is 12.2 Å². The Hall–Kier alpha value is -2.40. The third kappa shape index (κ3) is 5.15. The van der Waals surface area contributed by atoms with Crippen LogP contribution in [0, 0.1) is 5.41 Å². The summed E-state index contributed by atoms with van der Waals surface area (Å²) in [7, 11) is 0. The zero-order chi connectivity index (χ0) is 21.1. The Labute approximate surface area is 180 Å². The van der Waals surface area contributed by atoms with Gasteiger partial charge in [0.15, 0.2) is 0 Å². The first-order valence-corrected chi connectivity index (χ1v) is 10.5. The van der Waals surface area contributed by atoms with Crippen LogP contribution in [0.15, 0.2) is 60.7 Å². The van der Waals surface area contributed by atoms with Crippen LogP contribution in [-0.2, 0) is 6.54 Å². The standard InChI is InChI=1S/C24H31N3OS/c1-23(2,3)20(17-28-19-14-10-7-11-15-19)25-21-24(4,5)27(22(29)26-21)16-18-12-8-6-9-13-18/h6-15,20H,16-17H2,1-5H3,(H,25,26,29)/p+1. The summed E-state index contributed by atoms with van der Waals surface area (Å²) < 4.78 is 6.07. The van der Waals surface area contributed by atoms with Crippen molar-refractivity contribution in [1.29, 1.82) is 0 Å². The van der Waals surface area contributed by atoms with E-state index in [1.165, 1.54) is 5.56 Å². The first kappa shape index (κ1) is 21.3. The first-order chi connectivity index (χ1) is 13.7. The molecule has 4 nitrogen and oxygen atoms in total. The summed E-state index contributed by atoms with van der Waals surface area (Å²) in [6.45, 7) is 12.4. The van der Waals surface area contributed by atoms with Crippen molar-refractivity contribution in [2.24, 2.45) is 5.41 Å². The molecule has 2 aromatic carbocycles. The van der Waals surface area contributed by atoms with Crippen molar-refractivity contribution in [3.63, 3.8) is 0 Å². The predicted molar refractivity (Wildman–Crippen MR) is 123 cm³/mol. The fraction of sp³-hybridized carbons (Fsp3) is 0.417. The van der Waals surface area contributed by atoms with Crippen molar-refractivity contribution in [2.45, 2.75) is 52.7 Å². The minimum Gasteiger partial charge on any atom is -0.489 e. The molecule has 0 spiro atoms. The van der Waals surface area contributed by atoms with Crippen molar-refractivity contribution in [3.05, 3.63) is 66.2 Å². The highest BCUT2D eigenvalue weighted by atomic mass is 32.1. The van der Waals surface area contributed by atoms with Gasteiger partial charge < -0.3 is 9.64 Å². The number of hydrogen-bond acceptors (Lipinski definition) is 2. The molecule has 0 aliphatic carbocycles. The van der Waals surface area contributed by atoms with Gasteiger partial charge in [0.25, 0.3) is 10.9 Å². The molecule has 154 valence electrons. The maximum Gasteiger partial charge on any atom is 0.275 e. The van der Waals surface area contributed by atoms with Gasteiger partial charge in [-0.2, -0.15) is 0 Å². The van der Waals surface area contributed by atoms with Crippen LogP contribution in [0.3, 0.4) is 0 Å². The molecule has 0 aromatic heterocycles. The lowest BCUT2D eigenvalue weighted by Crippen LogP contribution is -2.88. The minimum absolute atomic E-state index is 0.00795. The van der Waals surface area contributed by atoms with E-state index >= 15 is 0 Å². The van der Waals surface area contributed by atoms with Gasteiger partial charge in [0, 0.05) is 12.0 Å². The molecular formula is C24H32N3OS+. The summed E-state index contributed by atoms with van der Waals surface area (Å²) in [6.07, 6.45) is 0. The van der Waals surface area contributed by atoms with Crippen LogP contribution in [0.5, 0.6) is 5.75 Å². The van der Waals surface area contributed by atoms with Crippen LogP contribution in [-0.4, -0.2) is 34.0 Å². The number of ether oxygens (including phenoxy) is 1. The number of nitrogens with one attached hydrogen (secondary N) is 2. The van der Waals surface area contributed by atoms with Crippen molar-refractivity contribution < 1.29 is 9.73 Å². The largest absolute Gasteiger partial charge is 0.489 e. The molecule has 1 atom stereocenters. The highest BCUT2D eigenvalue weighted by Gasteiger charge is 2.48. The van der Waals surface area contributed by atoms with Gasteiger partial charge in [0.05, 0.1) is 0 Å². The van der Waals surface area contributed by atoms with E-state index in [0.29, 0.717) is 6.61 Å². The normalized spacial score (nSPS) is 18.6. The number of thiocarbonyl (C=S) groups is 1. The quantitative estimate of drug-likeness (QED) is 0.718. The molecule has 0 saturated carbocycles. The zero-order valence-electron chi connectivity index (χ0n) is 18.0. The highest BCUT2D eigenvalue weighted by Crippen LogP contribution is 2.24. The summed E-state index contributed by atoms with van der Waals surface area (Å²) in [4.78, 5) is 5.95. The van der Waals surface area contributed by atoms with E-state index in [9.17, 15) is 0 Å². The summed E-state index contributed by atoms with van der Waals surface area (Å²) >= 11 is 5.68. The fourth-order valence-corrected chi connectivity index (χ4v) is 3.74. The monoisotopic (exact) mass is 410 g/mol. The molecule has 1 unspecified atom stereocenters. The molecule has 0 radical (unpaired) electrons. The SMILES string of the molecule is CC(C)(C)C(COc1ccccc1)[NH+]=C1NC(=S)N(Cc2ccccc2)C1(C)C. The van der Waals surface area contributed by atoms with E-state index in [-0.39, 0.29) is 17.0 Å². The summed E-state index contributed by atoms with van der Waals surface area (Å²) in [6, 6.07) is 20.5. The Kier molecular flexibility index (Phi) is 6.27. The molecule has 1 aliphatic heterocycles. The number of para-hydroxylation sites is 1. The average Bonchev–Trinajstić information content (AvgIpc) is 2.88. The summed E-state index contributed by atoms with van der Waals surface area (Å²) in [5.74, 6) is 1.91. The molecule has 1 fully saturated rings. The second-order valence-electron chi connectivity index (χ2n) is 9.12. The summed E-state index contributed by atoms with van der Waals surface area (Å²) in [5, 5.41) is 4.17. The van der Waals surface area contributed by atoms with Gasteiger partial charge in [-0.15, -0.1) is 0 Å².